The van der Waals surface area contributed by atoms with Crippen molar-refractivity contribution in [2.24, 2.45) is 11.8 Å². The molecule has 1 aliphatic carbocycles. The van der Waals surface area contributed by atoms with Crippen LogP contribution in [-0.4, -0.2) is 50.0 Å². The molecule has 162 valence electrons. The lowest BCUT2D eigenvalue weighted by Crippen LogP contribution is -2.58. The van der Waals surface area contributed by atoms with Gasteiger partial charge in [-0.1, -0.05) is 24.5 Å². The van der Waals surface area contributed by atoms with Crippen LogP contribution in [0.5, 0.6) is 0 Å². The molecule has 5 heterocycles. The predicted molar refractivity (Wildman–Crippen MR) is 109 cm³/mol. The molecule has 30 heavy (non-hydrogen) atoms. The van der Waals surface area contributed by atoms with E-state index >= 15 is 0 Å². The van der Waals surface area contributed by atoms with Gasteiger partial charge in [-0.05, 0) is 50.3 Å². The van der Waals surface area contributed by atoms with Gasteiger partial charge in [0.1, 0.15) is 17.1 Å². The maximum absolute atomic E-state index is 12.7. The van der Waals surface area contributed by atoms with Crippen LogP contribution in [0.4, 0.5) is 0 Å². The van der Waals surface area contributed by atoms with Crippen LogP contribution in [0, 0.1) is 11.8 Å². The maximum atomic E-state index is 12.7. The van der Waals surface area contributed by atoms with Crippen LogP contribution in [0.2, 0.25) is 0 Å². The molecule has 8 nitrogen and oxygen atoms in total. The van der Waals surface area contributed by atoms with E-state index in [1.54, 1.807) is 6.26 Å². The zero-order valence-corrected chi connectivity index (χ0v) is 17.4. The fourth-order valence-electron chi connectivity index (χ4n) is 5.55. The summed E-state index contributed by atoms with van der Waals surface area (Å²) in [5.41, 5.74) is -0.0900. The number of aromatic nitrogens is 3. The van der Waals surface area contributed by atoms with E-state index < -0.39 is 5.60 Å². The molecular formula is C22H31N5O3. The van der Waals surface area contributed by atoms with Crippen LogP contribution >= 0.6 is 0 Å². The molecule has 1 unspecified atom stereocenters. The first-order chi connectivity index (χ1) is 14.6. The lowest BCUT2D eigenvalue weighted by molar-refractivity contribution is -0.133. The number of fused-ring (bicyclic) bond motifs is 3. The number of carbonyl (C=O) groups excluding carboxylic acids is 1. The van der Waals surface area contributed by atoms with Crippen LogP contribution in [0.25, 0.3) is 0 Å². The first-order valence-corrected chi connectivity index (χ1v) is 11.3. The second-order valence-corrected chi connectivity index (χ2v) is 9.25. The van der Waals surface area contributed by atoms with Crippen molar-refractivity contribution in [3.63, 3.8) is 0 Å². The summed E-state index contributed by atoms with van der Waals surface area (Å²) in [7, 11) is 0. The van der Waals surface area contributed by atoms with E-state index in [1.807, 2.05) is 23.0 Å². The summed E-state index contributed by atoms with van der Waals surface area (Å²) in [6.45, 7) is 3.04. The van der Waals surface area contributed by atoms with E-state index in [0.717, 1.165) is 63.9 Å². The minimum absolute atomic E-state index is 0.0409. The topological polar surface area (TPSA) is 96.4 Å². The Hall–Kier alpha value is -2.19. The minimum Gasteiger partial charge on any atom is -0.467 e. The molecule has 1 saturated carbocycles. The second-order valence-electron chi connectivity index (χ2n) is 9.25. The summed E-state index contributed by atoms with van der Waals surface area (Å²) < 4.78 is 7.20. The third-order valence-electron chi connectivity index (χ3n) is 7.33. The highest BCUT2D eigenvalue weighted by Crippen LogP contribution is 2.38. The highest BCUT2D eigenvalue weighted by molar-refractivity contribution is 5.79. The van der Waals surface area contributed by atoms with Gasteiger partial charge in [0.25, 0.3) is 0 Å². The molecule has 2 aromatic heterocycles. The Bertz CT molecular complexity index is 858. The molecule has 3 aliphatic heterocycles. The molecule has 4 fully saturated rings. The van der Waals surface area contributed by atoms with Crippen LogP contribution in [0.3, 0.4) is 0 Å². The molecule has 8 heteroatoms. The minimum atomic E-state index is -0.806. The van der Waals surface area contributed by atoms with E-state index in [4.69, 9.17) is 4.42 Å². The molecule has 1 amide bonds. The molecule has 2 N–H and O–H groups in total. The van der Waals surface area contributed by atoms with Crippen molar-refractivity contribution in [3.8, 4) is 0 Å². The summed E-state index contributed by atoms with van der Waals surface area (Å²) in [5.74, 6) is 1.35. The number of hydrogen-bond donors (Lipinski definition) is 2. The Morgan fingerprint density at radius 1 is 1.33 bits per heavy atom. The molecule has 2 bridgehead atoms. The number of amides is 1. The smallest absolute Gasteiger partial charge is 0.225 e. The summed E-state index contributed by atoms with van der Waals surface area (Å²) >= 11 is 0. The highest BCUT2D eigenvalue weighted by Gasteiger charge is 2.43. The third kappa shape index (κ3) is 3.90. The number of aliphatic hydroxyl groups is 1. The van der Waals surface area contributed by atoms with Gasteiger partial charge >= 0.3 is 0 Å². The molecular weight excluding hydrogens is 382 g/mol. The van der Waals surface area contributed by atoms with E-state index in [2.05, 4.69) is 20.5 Å². The summed E-state index contributed by atoms with van der Waals surface area (Å²) in [6, 6.07) is 4.08. The number of piperidine rings is 3. The molecule has 3 saturated heterocycles. The van der Waals surface area contributed by atoms with Gasteiger partial charge in [-0.15, -0.1) is 5.10 Å². The predicted octanol–water partition coefficient (Wildman–Crippen LogP) is 2.05. The number of carbonyl (C=O) groups is 1. The van der Waals surface area contributed by atoms with Gasteiger partial charge < -0.3 is 14.8 Å². The van der Waals surface area contributed by atoms with Gasteiger partial charge in [0.15, 0.2) is 0 Å². The van der Waals surface area contributed by atoms with Crippen molar-refractivity contribution >= 4 is 5.91 Å². The second kappa shape index (κ2) is 8.15. The first-order valence-electron chi connectivity index (χ1n) is 11.3. The number of rotatable bonds is 6. The molecule has 6 rings (SSSR count). The molecule has 0 aromatic carbocycles. The molecule has 2 aromatic rings. The third-order valence-corrected chi connectivity index (χ3v) is 7.33. The maximum Gasteiger partial charge on any atom is 0.225 e. The summed E-state index contributed by atoms with van der Waals surface area (Å²) in [5, 5.41) is 22.6. The SMILES string of the molecule is O=C(NCc1ccco1)[C@@H]1CN2CC[C@@H]1C[C@@H]2Cn1cc(C2(O)CCCCC2)nn1. The zero-order chi connectivity index (χ0) is 20.6. The molecule has 0 spiro atoms. The Labute approximate surface area is 176 Å². The van der Waals surface area contributed by atoms with Crippen LogP contribution < -0.4 is 5.32 Å². The summed E-state index contributed by atoms with van der Waals surface area (Å²) in [6.07, 6.45) is 10.5. The Morgan fingerprint density at radius 2 is 2.20 bits per heavy atom. The Morgan fingerprint density at radius 3 is 2.93 bits per heavy atom. The van der Waals surface area contributed by atoms with E-state index in [-0.39, 0.29) is 11.8 Å². The van der Waals surface area contributed by atoms with Crippen LogP contribution in [-0.2, 0) is 23.5 Å². The number of furan rings is 1. The summed E-state index contributed by atoms with van der Waals surface area (Å²) in [4.78, 5) is 15.2. The molecule has 4 atom stereocenters. The number of nitrogens with one attached hydrogen (secondary N) is 1. The van der Waals surface area contributed by atoms with E-state index in [9.17, 15) is 9.90 Å². The average Bonchev–Trinajstić information content (AvgIpc) is 3.45. The van der Waals surface area contributed by atoms with Crippen LogP contribution in [0.1, 0.15) is 56.4 Å². The van der Waals surface area contributed by atoms with Crippen molar-refractivity contribution in [1.82, 2.24) is 25.2 Å². The monoisotopic (exact) mass is 413 g/mol. The molecule has 0 radical (unpaired) electrons. The lowest BCUT2D eigenvalue weighted by atomic mass is 9.75. The highest BCUT2D eigenvalue weighted by atomic mass is 16.3. The normalized spacial score (nSPS) is 30.3. The van der Waals surface area contributed by atoms with E-state index in [1.165, 1.54) is 6.42 Å². The quantitative estimate of drug-likeness (QED) is 0.752. The standard InChI is InChI=1S/C22H31N5O3/c28-21(23-12-18-5-4-10-30-18)19-14-26-9-6-16(19)11-17(26)13-27-15-20(24-25-27)22(29)7-2-1-3-8-22/h4-5,10,15-17,19,29H,1-3,6-9,11-14H2,(H,23,28)/t16-,17-,19-/m1/s1. The number of nitrogens with zero attached hydrogens (tertiary/aromatic N) is 4. The molecule has 4 aliphatic rings. The fraction of sp³-hybridized carbons (Fsp3) is 0.682. The van der Waals surface area contributed by atoms with Crippen molar-refractivity contribution in [3.05, 3.63) is 36.0 Å². The van der Waals surface area contributed by atoms with Crippen molar-refractivity contribution in [2.75, 3.05) is 13.1 Å². The van der Waals surface area contributed by atoms with Gasteiger partial charge in [-0.25, -0.2) is 0 Å². The zero-order valence-electron chi connectivity index (χ0n) is 17.4. The largest absolute Gasteiger partial charge is 0.467 e. The number of hydrogen-bond acceptors (Lipinski definition) is 6. The fourth-order valence-corrected chi connectivity index (χ4v) is 5.55. The Balaban J connectivity index is 1.18. The lowest BCUT2D eigenvalue weighted by Gasteiger charge is -2.49. The van der Waals surface area contributed by atoms with Crippen molar-refractivity contribution in [1.29, 1.82) is 0 Å². The van der Waals surface area contributed by atoms with Gasteiger partial charge in [0, 0.05) is 12.6 Å². The average molecular weight is 414 g/mol. The van der Waals surface area contributed by atoms with Gasteiger partial charge in [-0.3, -0.25) is 14.4 Å². The van der Waals surface area contributed by atoms with E-state index in [0.29, 0.717) is 24.2 Å². The van der Waals surface area contributed by atoms with Gasteiger partial charge in [-0.2, -0.15) is 0 Å². The van der Waals surface area contributed by atoms with Gasteiger partial charge in [0.2, 0.25) is 5.91 Å². The van der Waals surface area contributed by atoms with Crippen molar-refractivity contribution < 1.29 is 14.3 Å². The first kappa shape index (κ1) is 19.8. The van der Waals surface area contributed by atoms with Crippen molar-refractivity contribution in [2.45, 2.75) is 69.7 Å². The van der Waals surface area contributed by atoms with Gasteiger partial charge in [0.05, 0.1) is 31.5 Å². The Kier molecular flexibility index (Phi) is 5.37. The van der Waals surface area contributed by atoms with Crippen LogP contribution in [0.15, 0.2) is 29.0 Å².